The first-order valence-corrected chi connectivity index (χ1v) is 7.76. The molecule has 2 aromatic rings. The summed E-state index contributed by atoms with van der Waals surface area (Å²) in [6.07, 6.45) is 0. The number of hydrogen-bond acceptors (Lipinski definition) is 7. The van der Waals surface area contributed by atoms with Crippen LogP contribution in [0.15, 0.2) is 42.5 Å². The zero-order valence-corrected chi connectivity index (χ0v) is 14.6. The lowest BCUT2D eigenvalue weighted by Crippen LogP contribution is -2.21. The van der Waals surface area contributed by atoms with E-state index in [0.717, 1.165) is 6.07 Å². The summed E-state index contributed by atoms with van der Waals surface area (Å²) in [7, 11) is 2.47. The van der Waals surface area contributed by atoms with Gasteiger partial charge in [0.1, 0.15) is 5.69 Å². The molecule has 0 amide bonds. The van der Waals surface area contributed by atoms with Crippen LogP contribution >= 0.6 is 0 Å². The standard InChI is InChI=1S/C18H18N2O6/c1-4-19(14-8-6-5-7-13(14)18(22)26-3)15-10-9-12(17(21)25-2)11-16(15)20(23)24/h5-11H,4H2,1-3H3. The Hall–Kier alpha value is -3.42. The predicted octanol–water partition coefficient (Wildman–Crippen LogP) is 3.33. The summed E-state index contributed by atoms with van der Waals surface area (Å²) < 4.78 is 9.40. The molecule has 0 aromatic heterocycles. The van der Waals surface area contributed by atoms with Crippen LogP contribution in [0.4, 0.5) is 17.1 Å². The molecule has 0 radical (unpaired) electrons. The number of nitrogens with zero attached hydrogens (tertiary/aromatic N) is 2. The van der Waals surface area contributed by atoms with E-state index in [2.05, 4.69) is 4.74 Å². The summed E-state index contributed by atoms with van der Waals surface area (Å²) in [6.45, 7) is 2.15. The fraction of sp³-hybridized carbons (Fsp3) is 0.222. The number of nitro groups is 1. The number of carbonyl (C=O) groups is 2. The second-order valence-electron chi connectivity index (χ2n) is 5.21. The molecule has 0 N–H and O–H groups in total. The van der Waals surface area contributed by atoms with E-state index in [9.17, 15) is 19.7 Å². The summed E-state index contributed by atoms with van der Waals surface area (Å²) in [5, 5.41) is 11.5. The SMILES string of the molecule is CCN(c1ccccc1C(=O)OC)c1ccc(C(=O)OC)cc1[N+](=O)[O-]. The molecule has 8 nitrogen and oxygen atoms in total. The molecule has 0 fully saturated rings. The minimum Gasteiger partial charge on any atom is -0.465 e. The van der Waals surface area contributed by atoms with E-state index in [1.165, 1.54) is 26.4 Å². The highest BCUT2D eigenvalue weighted by Gasteiger charge is 2.25. The van der Waals surface area contributed by atoms with E-state index in [1.54, 1.807) is 36.1 Å². The van der Waals surface area contributed by atoms with Crippen molar-refractivity contribution in [2.75, 3.05) is 25.7 Å². The highest BCUT2D eigenvalue weighted by molar-refractivity contribution is 5.98. The van der Waals surface area contributed by atoms with Gasteiger partial charge in [0.15, 0.2) is 0 Å². The van der Waals surface area contributed by atoms with Crippen molar-refractivity contribution in [2.24, 2.45) is 0 Å². The molecule has 2 rings (SSSR count). The molecule has 0 spiro atoms. The van der Waals surface area contributed by atoms with E-state index < -0.39 is 16.9 Å². The van der Waals surface area contributed by atoms with Crippen LogP contribution in [-0.2, 0) is 9.47 Å². The van der Waals surface area contributed by atoms with Crippen LogP contribution in [0.2, 0.25) is 0 Å². The van der Waals surface area contributed by atoms with Gasteiger partial charge in [-0.15, -0.1) is 0 Å². The Morgan fingerprint density at radius 1 is 1.04 bits per heavy atom. The lowest BCUT2D eigenvalue weighted by atomic mass is 10.1. The highest BCUT2D eigenvalue weighted by atomic mass is 16.6. The van der Waals surface area contributed by atoms with Gasteiger partial charge in [0, 0.05) is 12.6 Å². The molecule has 0 saturated heterocycles. The average molecular weight is 358 g/mol. The van der Waals surface area contributed by atoms with Gasteiger partial charge in [-0.3, -0.25) is 10.1 Å². The van der Waals surface area contributed by atoms with Gasteiger partial charge in [0.25, 0.3) is 5.69 Å². The number of ether oxygens (including phenoxy) is 2. The molecule has 0 saturated carbocycles. The first-order valence-electron chi connectivity index (χ1n) is 7.76. The van der Waals surface area contributed by atoms with Crippen LogP contribution in [-0.4, -0.2) is 37.6 Å². The monoisotopic (exact) mass is 358 g/mol. The third-order valence-corrected chi connectivity index (χ3v) is 3.80. The van der Waals surface area contributed by atoms with E-state index in [0.29, 0.717) is 12.2 Å². The summed E-state index contributed by atoms with van der Waals surface area (Å²) in [6, 6.07) is 10.7. The number of rotatable bonds is 6. The summed E-state index contributed by atoms with van der Waals surface area (Å²) in [5.41, 5.74) is 0.801. The molecule has 0 heterocycles. The van der Waals surface area contributed by atoms with Crippen LogP contribution < -0.4 is 4.90 Å². The van der Waals surface area contributed by atoms with E-state index in [4.69, 9.17) is 4.74 Å². The fourth-order valence-corrected chi connectivity index (χ4v) is 2.60. The van der Waals surface area contributed by atoms with Crippen LogP contribution in [0.25, 0.3) is 0 Å². The Kier molecular flexibility index (Phi) is 5.90. The molecule has 136 valence electrons. The number of anilines is 2. The van der Waals surface area contributed by atoms with Crippen molar-refractivity contribution in [1.82, 2.24) is 0 Å². The van der Waals surface area contributed by atoms with Gasteiger partial charge in [-0.05, 0) is 31.2 Å². The van der Waals surface area contributed by atoms with Gasteiger partial charge < -0.3 is 14.4 Å². The van der Waals surface area contributed by atoms with Crippen molar-refractivity contribution >= 4 is 29.0 Å². The number of para-hydroxylation sites is 1. The Bertz CT molecular complexity index is 849. The molecular weight excluding hydrogens is 340 g/mol. The fourth-order valence-electron chi connectivity index (χ4n) is 2.60. The molecule has 0 aliphatic carbocycles. The number of nitro benzene ring substituents is 1. The van der Waals surface area contributed by atoms with Gasteiger partial charge in [-0.25, -0.2) is 9.59 Å². The predicted molar refractivity (Wildman–Crippen MR) is 94.9 cm³/mol. The van der Waals surface area contributed by atoms with Gasteiger partial charge in [-0.1, -0.05) is 12.1 Å². The van der Waals surface area contributed by atoms with Crippen molar-refractivity contribution in [1.29, 1.82) is 0 Å². The molecule has 8 heteroatoms. The first-order chi connectivity index (χ1) is 12.4. The Labute approximate surface area is 150 Å². The summed E-state index contributed by atoms with van der Waals surface area (Å²) in [4.78, 5) is 36.3. The van der Waals surface area contributed by atoms with E-state index in [-0.39, 0.29) is 22.5 Å². The van der Waals surface area contributed by atoms with Gasteiger partial charge in [-0.2, -0.15) is 0 Å². The minimum absolute atomic E-state index is 0.0697. The van der Waals surface area contributed by atoms with Crippen LogP contribution in [0.5, 0.6) is 0 Å². The average Bonchev–Trinajstić information content (AvgIpc) is 2.67. The number of carbonyl (C=O) groups excluding carboxylic acids is 2. The van der Waals surface area contributed by atoms with Crippen LogP contribution in [0.3, 0.4) is 0 Å². The number of benzene rings is 2. The van der Waals surface area contributed by atoms with Crippen molar-refractivity contribution < 1.29 is 24.0 Å². The largest absolute Gasteiger partial charge is 0.465 e. The van der Waals surface area contributed by atoms with Gasteiger partial charge in [0.2, 0.25) is 0 Å². The topological polar surface area (TPSA) is 99.0 Å². The normalized spacial score (nSPS) is 10.1. The smallest absolute Gasteiger partial charge is 0.339 e. The quantitative estimate of drug-likeness (QED) is 0.444. The maximum absolute atomic E-state index is 12.0. The number of methoxy groups -OCH3 is 2. The summed E-state index contributed by atoms with van der Waals surface area (Å²) in [5.74, 6) is -1.22. The van der Waals surface area contributed by atoms with E-state index in [1.807, 2.05) is 0 Å². The maximum atomic E-state index is 12.0. The van der Waals surface area contributed by atoms with E-state index >= 15 is 0 Å². The zero-order valence-electron chi connectivity index (χ0n) is 14.6. The molecule has 26 heavy (non-hydrogen) atoms. The Morgan fingerprint density at radius 3 is 2.27 bits per heavy atom. The first kappa shape index (κ1) is 18.9. The highest BCUT2D eigenvalue weighted by Crippen LogP contribution is 2.36. The molecule has 2 aromatic carbocycles. The maximum Gasteiger partial charge on any atom is 0.339 e. The van der Waals surface area contributed by atoms with Crippen LogP contribution in [0.1, 0.15) is 27.6 Å². The third kappa shape index (κ3) is 3.64. The van der Waals surface area contributed by atoms with Crippen molar-refractivity contribution in [3.63, 3.8) is 0 Å². The van der Waals surface area contributed by atoms with Crippen LogP contribution in [0, 0.1) is 10.1 Å². The lowest BCUT2D eigenvalue weighted by Gasteiger charge is -2.25. The van der Waals surface area contributed by atoms with Crippen molar-refractivity contribution in [3.8, 4) is 0 Å². The molecule has 0 unspecified atom stereocenters. The van der Waals surface area contributed by atoms with Crippen molar-refractivity contribution in [2.45, 2.75) is 6.92 Å². The molecule has 0 atom stereocenters. The van der Waals surface area contributed by atoms with Gasteiger partial charge >= 0.3 is 11.9 Å². The molecule has 0 aliphatic heterocycles. The zero-order chi connectivity index (χ0) is 19.3. The Morgan fingerprint density at radius 2 is 1.69 bits per heavy atom. The molecular formula is C18H18N2O6. The molecule has 0 bridgehead atoms. The van der Waals surface area contributed by atoms with Crippen molar-refractivity contribution in [3.05, 3.63) is 63.7 Å². The number of esters is 2. The second-order valence-corrected chi connectivity index (χ2v) is 5.21. The Balaban J connectivity index is 2.63. The minimum atomic E-state index is -0.669. The third-order valence-electron chi connectivity index (χ3n) is 3.80. The summed E-state index contributed by atoms with van der Waals surface area (Å²) >= 11 is 0. The van der Waals surface area contributed by atoms with Gasteiger partial charge in [0.05, 0.1) is 36.0 Å². The lowest BCUT2D eigenvalue weighted by molar-refractivity contribution is -0.384. The number of hydrogen-bond donors (Lipinski definition) is 0. The second kappa shape index (κ2) is 8.11. The molecule has 0 aliphatic rings.